The predicted octanol–water partition coefficient (Wildman–Crippen LogP) is 3.41. The number of allylic oxidation sites excluding steroid dienone is 4. The van der Waals surface area contributed by atoms with Gasteiger partial charge in [-0.25, -0.2) is 0 Å². The van der Waals surface area contributed by atoms with Crippen LogP contribution in [0.5, 0.6) is 0 Å². The summed E-state index contributed by atoms with van der Waals surface area (Å²) in [7, 11) is 0. The maximum absolute atomic E-state index is 2.47. The molecule has 4 atom stereocenters. The predicted molar refractivity (Wildman–Crippen MR) is 52.8 cm³/mol. The van der Waals surface area contributed by atoms with Crippen LogP contribution in [0.4, 0.5) is 0 Å². The zero-order valence-electron chi connectivity index (χ0n) is 8.25. The van der Waals surface area contributed by atoms with Gasteiger partial charge in [-0.2, -0.15) is 0 Å². The molecule has 4 unspecified atom stereocenters. The Hall–Kier alpha value is -0.520. The van der Waals surface area contributed by atoms with Gasteiger partial charge in [0.1, 0.15) is 0 Å². The highest BCUT2D eigenvalue weighted by atomic mass is 14.4. The van der Waals surface area contributed by atoms with Crippen LogP contribution in [0.3, 0.4) is 0 Å². The van der Waals surface area contributed by atoms with E-state index in [1.807, 2.05) is 0 Å². The monoisotopic (exact) mass is 162 g/mol. The van der Waals surface area contributed by atoms with Crippen molar-refractivity contribution < 1.29 is 0 Å². The number of rotatable bonds is 1. The zero-order chi connectivity index (χ0) is 8.72. The van der Waals surface area contributed by atoms with Crippen molar-refractivity contribution in [2.75, 3.05) is 0 Å². The van der Waals surface area contributed by atoms with Gasteiger partial charge in [-0.15, -0.1) is 0 Å². The van der Waals surface area contributed by atoms with E-state index in [0.29, 0.717) is 0 Å². The molecule has 0 spiro atoms. The van der Waals surface area contributed by atoms with Crippen molar-refractivity contribution in [3.63, 3.8) is 0 Å². The van der Waals surface area contributed by atoms with Crippen LogP contribution in [-0.4, -0.2) is 0 Å². The molecule has 12 heavy (non-hydrogen) atoms. The molecular weight excluding hydrogens is 144 g/mol. The molecule has 0 heterocycles. The van der Waals surface area contributed by atoms with E-state index < -0.39 is 0 Å². The maximum Gasteiger partial charge on any atom is -0.0136 e. The van der Waals surface area contributed by atoms with E-state index in [1.165, 1.54) is 6.42 Å². The SMILES string of the molecule is CC1C=CC(C2CC2C)=CC1C. The molecule has 0 aromatic heterocycles. The Kier molecular flexibility index (Phi) is 1.86. The normalized spacial score (nSPS) is 45.8. The van der Waals surface area contributed by atoms with Gasteiger partial charge in [-0.05, 0) is 35.7 Å². The third kappa shape index (κ3) is 1.35. The fourth-order valence-corrected chi connectivity index (χ4v) is 1.98. The van der Waals surface area contributed by atoms with Crippen molar-refractivity contribution >= 4 is 0 Å². The molecule has 2 rings (SSSR count). The first kappa shape index (κ1) is 8.10. The lowest BCUT2D eigenvalue weighted by molar-refractivity contribution is 0.543. The molecule has 0 aromatic rings. The first-order valence-electron chi connectivity index (χ1n) is 5.08. The first-order valence-corrected chi connectivity index (χ1v) is 5.08. The lowest BCUT2D eigenvalue weighted by atomic mass is 9.87. The quantitative estimate of drug-likeness (QED) is 0.554. The third-order valence-electron chi connectivity index (χ3n) is 3.41. The minimum absolute atomic E-state index is 0.739. The van der Waals surface area contributed by atoms with Crippen LogP contribution in [-0.2, 0) is 0 Å². The summed E-state index contributed by atoms with van der Waals surface area (Å²) in [6.07, 6.45) is 8.60. The molecule has 0 N–H and O–H groups in total. The Morgan fingerprint density at radius 1 is 1.17 bits per heavy atom. The Labute approximate surface area is 75.4 Å². The van der Waals surface area contributed by atoms with Gasteiger partial charge in [0.25, 0.3) is 0 Å². The van der Waals surface area contributed by atoms with Gasteiger partial charge < -0.3 is 0 Å². The van der Waals surface area contributed by atoms with Gasteiger partial charge in [0.15, 0.2) is 0 Å². The van der Waals surface area contributed by atoms with E-state index in [0.717, 1.165) is 23.7 Å². The lowest BCUT2D eigenvalue weighted by Crippen LogP contribution is -2.07. The van der Waals surface area contributed by atoms with Gasteiger partial charge in [0.05, 0.1) is 0 Å². The van der Waals surface area contributed by atoms with Crippen LogP contribution < -0.4 is 0 Å². The summed E-state index contributed by atoms with van der Waals surface area (Å²) in [5.41, 5.74) is 1.60. The van der Waals surface area contributed by atoms with Crippen LogP contribution in [0.1, 0.15) is 27.2 Å². The largest absolute Gasteiger partial charge is 0.0808 e. The van der Waals surface area contributed by atoms with Crippen LogP contribution in [0.15, 0.2) is 23.8 Å². The Morgan fingerprint density at radius 2 is 1.83 bits per heavy atom. The molecule has 0 heteroatoms. The van der Waals surface area contributed by atoms with Gasteiger partial charge in [-0.3, -0.25) is 0 Å². The van der Waals surface area contributed by atoms with Gasteiger partial charge in [0.2, 0.25) is 0 Å². The molecule has 1 saturated carbocycles. The molecule has 2 aliphatic carbocycles. The smallest absolute Gasteiger partial charge is 0.0136 e. The van der Waals surface area contributed by atoms with Crippen molar-refractivity contribution in [1.29, 1.82) is 0 Å². The van der Waals surface area contributed by atoms with Crippen molar-refractivity contribution in [3.8, 4) is 0 Å². The van der Waals surface area contributed by atoms with Crippen LogP contribution in [0.25, 0.3) is 0 Å². The second-order valence-electron chi connectivity index (χ2n) is 4.56. The average molecular weight is 162 g/mol. The fourth-order valence-electron chi connectivity index (χ4n) is 1.98. The summed E-state index contributed by atoms with van der Waals surface area (Å²) >= 11 is 0. The van der Waals surface area contributed by atoms with E-state index in [2.05, 4.69) is 39.0 Å². The van der Waals surface area contributed by atoms with E-state index in [-0.39, 0.29) is 0 Å². The number of hydrogen-bond donors (Lipinski definition) is 0. The third-order valence-corrected chi connectivity index (χ3v) is 3.41. The van der Waals surface area contributed by atoms with E-state index in [4.69, 9.17) is 0 Å². The van der Waals surface area contributed by atoms with Crippen molar-refractivity contribution in [2.45, 2.75) is 27.2 Å². The molecular formula is C12H18. The van der Waals surface area contributed by atoms with Gasteiger partial charge in [-0.1, -0.05) is 39.0 Å². The minimum atomic E-state index is 0.739. The van der Waals surface area contributed by atoms with Gasteiger partial charge in [0, 0.05) is 0 Å². The van der Waals surface area contributed by atoms with E-state index in [1.54, 1.807) is 5.57 Å². The zero-order valence-corrected chi connectivity index (χ0v) is 8.25. The molecule has 0 nitrogen and oxygen atoms in total. The van der Waals surface area contributed by atoms with Crippen LogP contribution >= 0.6 is 0 Å². The average Bonchev–Trinajstić information content (AvgIpc) is 2.73. The fraction of sp³-hybridized carbons (Fsp3) is 0.667. The molecule has 0 saturated heterocycles. The molecule has 0 aliphatic heterocycles. The molecule has 0 amide bonds. The highest BCUT2D eigenvalue weighted by molar-refractivity contribution is 5.31. The van der Waals surface area contributed by atoms with Gasteiger partial charge >= 0.3 is 0 Å². The summed E-state index contributed by atoms with van der Waals surface area (Å²) in [5, 5.41) is 0. The molecule has 2 aliphatic rings. The first-order chi connectivity index (χ1) is 5.68. The second-order valence-corrected chi connectivity index (χ2v) is 4.56. The lowest BCUT2D eigenvalue weighted by Gasteiger charge is -2.18. The standard InChI is InChI=1S/C12H18/c1-8-4-5-11(6-9(8)2)12-7-10(12)3/h4-6,8-10,12H,7H2,1-3H3. The summed E-state index contributed by atoms with van der Waals surface area (Å²) in [6, 6.07) is 0. The number of hydrogen-bond acceptors (Lipinski definition) is 0. The second kappa shape index (κ2) is 2.76. The van der Waals surface area contributed by atoms with Crippen LogP contribution in [0, 0.1) is 23.7 Å². The molecule has 1 fully saturated rings. The van der Waals surface area contributed by atoms with Crippen LogP contribution in [0.2, 0.25) is 0 Å². The summed E-state index contributed by atoms with van der Waals surface area (Å²) in [6.45, 7) is 6.97. The summed E-state index contributed by atoms with van der Waals surface area (Å²) in [5.74, 6) is 3.33. The molecule has 66 valence electrons. The molecule has 0 bridgehead atoms. The highest BCUT2D eigenvalue weighted by Gasteiger charge is 2.35. The summed E-state index contributed by atoms with van der Waals surface area (Å²) in [4.78, 5) is 0. The van der Waals surface area contributed by atoms with Crippen molar-refractivity contribution in [2.24, 2.45) is 23.7 Å². The Balaban J connectivity index is 2.08. The van der Waals surface area contributed by atoms with E-state index in [9.17, 15) is 0 Å². The van der Waals surface area contributed by atoms with Crippen molar-refractivity contribution in [3.05, 3.63) is 23.8 Å². The Bertz CT molecular complexity index is 234. The highest BCUT2D eigenvalue weighted by Crippen LogP contribution is 2.45. The topological polar surface area (TPSA) is 0 Å². The Morgan fingerprint density at radius 3 is 2.33 bits per heavy atom. The van der Waals surface area contributed by atoms with Crippen molar-refractivity contribution in [1.82, 2.24) is 0 Å². The summed E-state index contributed by atoms with van der Waals surface area (Å²) < 4.78 is 0. The molecule has 0 aromatic carbocycles. The minimum Gasteiger partial charge on any atom is -0.0808 e. The molecule has 0 radical (unpaired) electrons. The van der Waals surface area contributed by atoms with E-state index >= 15 is 0 Å². The maximum atomic E-state index is 2.47.